The molecule has 13 heavy (non-hydrogen) atoms. The van der Waals surface area contributed by atoms with Crippen molar-refractivity contribution in [1.29, 1.82) is 0 Å². The molecule has 1 aromatic carbocycles. The summed E-state index contributed by atoms with van der Waals surface area (Å²) in [5, 5.41) is 2.69. The number of rotatable bonds is 4. The first kappa shape index (κ1) is 10.8. The van der Waals surface area contributed by atoms with Crippen molar-refractivity contribution < 1.29 is 8.78 Å². The number of halogens is 3. The van der Waals surface area contributed by atoms with Crippen molar-refractivity contribution >= 4 is 22.6 Å². The monoisotopic (exact) mass is 297 g/mol. The van der Waals surface area contributed by atoms with Crippen LogP contribution in [0.5, 0.6) is 0 Å². The SMILES string of the molecule is FC(F)CNCc1ccccc1I. The third-order valence-corrected chi connectivity index (χ3v) is 2.62. The number of alkyl halides is 2. The maximum absolute atomic E-state index is 11.8. The van der Waals surface area contributed by atoms with E-state index >= 15 is 0 Å². The third kappa shape index (κ3) is 3.99. The molecule has 1 N–H and O–H groups in total. The Hall–Kier alpha value is -0.230. The number of nitrogens with one attached hydrogen (secondary N) is 1. The molecule has 0 amide bonds. The van der Waals surface area contributed by atoms with Gasteiger partial charge in [0.25, 0.3) is 6.43 Å². The van der Waals surface area contributed by atoms with E-state index in [1.54, 1.807) is 0 Å². The number of hydrogen-bond acceptors (Lipinski definition) is 1. The molecular formula is C9H10F2IN. The molecule has 72 valence electrons. The highest BCUT2D eigenvalue weighted by Crippen LogP contribution is 2.10. The predicted molar refractivity (Wildman–Crippen MR) is 56.9 cm³/mol. The van der Waals surface area contributed by atoms with E-state index in [2.05, 4.69) is 27.9 Å². The summed E-state index contributed by atoms with van der Waals surface area (Å²) in [6.07, 6.45) is -2.28. The van der Waals surface area contributed by atoms with E-state index in [1.807, 2.05) is 24.3 Å². The van der Waals surface area contributed by atoms with Crippen molar-refractivity contribution in [3.05, 3.63) is 33.4 Å². The van der Waals surface area contributed by atoms with Crippen molar-refractivity contribution in [2.45, 2.75) is 13.0 Å². The van der Waals surface area contributed by atoms with E-state index in [9.17, 15) is 8.78 Å². The lowest BCUT2D eigenvalue weighted by Gasteiger charge is -2.05. The van der Waals surface area contributed by atoms with Gasteiger partial charge in [-0.25, -0.2) is 8.78 Å². The molecule has 1 aromatic rings. The average molecular weight is 297 g/mol. The molecule has 1 rings (SSSR count). The second kappa shape index (κ2) is 5.49. The fourth-order valence-electron chi connectivity index (χ4n) is 0.958. The van der Waals surface area contributed by atoms with Crippen LogP contribution in [0.15, 0.2) is 24.3 Å². The van der Waals surface area contributed by atoms with Gasteiger partial charge in [-0.1, -0.05) is 18.2 Å². The Balaban J connectivity index is 2.41. The molecular weight excluding hydrogens is 287 g/mol. The Morgan fingerprint density at radius 2 is 2.00 bits per heavy atom. The minimum atomic E-state index is -2.28. The number of benzene rings is 1. The Bertz CT molecular complexity index is 266. The summed E-state index contributed by atoms with van der Waals surface area (Å²) in [6, 6.07) is 7.72. The van der Waals surface area contributed by atoms with Crippen molar-refractivity contribution in [2.24, 2.45) is 0 Å². The lowest BCUT2D eigenvalue weighted by molar-refractivity contribution is 0.145. The largest absolute Gasteiger partial charge is 0.307 e. The second-order valence-electron chi connectivity index (χ2n) is 2.61. The van der Waals surface area contributed by atoms with Crippen molar-refractivity contribution in [2.75, 3.05) is 6.54 Å². The zero-order chi connectivity index (χ0) is 9.68. The van der Waals surface area contributed by atoms with Gasteiger partial charge in [0.1, 0.15) is 0 Å². The Kier molecular flexibility index (Phi) is 4.58. The maximum Gasteiger partial charge on any atom is 0.250 e. The average Bonchev–Trinajstić information content (AvgIpc) is 2.08. The van der Waals surface area contributed by atoms with Crippen LogP contribution in [0.2, 0.25) is 0 Å². The van der Waals surface area contributed by atoms with E-state index in [1.165, 1.54) is 0 Å². The van der Waals surface area contributed by atoms with E-state index in [0.717, 1.165) is 9.13 Å². The van der Waals surface area contributed by atoms with Gasteiger partial charge in [0.15, 0.2) is 0 Å². The van der Waals surface area contributed by atoms with Crippen LogP contribution in [0.1, 0.15) is 5.56 Å². The van der Waals surface area contributed by atoms with E-state index in [4.69, 9.17) is 0 Å². The molecule has 0 heterocycles. The summed E-state index contributed by atoms with van der Waals surface area (Å²) < 4.78 is 24.6. The summed E-state index contributed by atoms with van der Waals surface area (Å²) in [7, 11) is 0. The van der Waals surface area contributed by atoms with Gasteiger partial charge in [-0.05, 0) is 34.2 Å². The minimum Gasteiger partial charge on any atom is -0.307 e. The highest BCUT2D eigenvalue weighted by molar-refractivity contribution is 14.1. The molecule has 0 bridgehead atoms. The molecule has 0 saturated carbocycles. The molecule has 0 atom stereocenters. The zero-order valence-corrected chi connectivity index (χ0v) is 9.09. The van der Waals surface area contributed by atoms with Gasteiger partial charge in [0.2, 0.25) is 0 Å². The summed E-state index contributed by atoms with van der Waals surface area (Å²) >= 11 is 2.19. The van der Waals surface area contributed by atoms with Crippen molar-refractivity contribution in [3.8, 4) is 0 Å². The normalized spacial score (nSPS) is 10.8. The molecule has 0 aliphatic heterocycles. The first-order valence-corrected chi connectivity index (χ1v) is 5.00. The van der Waals surface area contributed by atoms with Crippen LogP contribution in [0.25, 0.3) is 0 Å². The van der Waals surface area contributed by atoms with Gasteiger partial charge in [0, 0.05) is 10.1 Å². The van der Waals surface area contributed by atoms with Crippen LogP contribution in [-0.2, 0) is 6.54 Å². The van der Waals surface area contributed by atoms with Crippen LogP contribution < -0.4 is 5.32 Å². The number of hydrogen-bond donors (Lipinski definition) is 1. The quantitative estimate of drug-likeness (QED) is 0.843. The third-order valence-electron chi connectivity index (χ3n) is 1.57. The molecule has 1 nitrogen and oxygen atoms in total. The van der Waals surface area contributed by atoms with E-state index in [-0.39, 0.29) is 6.54 Å². The van der Waals surface area contributed by atoms with Gasteiger partial charge >= 0.3 is 0 Å². The first-order chi connectivity index (χ1) is 6.20. The first-order valence-electron chi connectivity index (χ1n) is 3.92. The standard InChI is InChI=1S/C9H10F2IN/c10-9(11)6-13-5-7-3-1-2-4-8(7)12/h1-4,9,13H,5-6H2. The summed E-state index contributed by atoms with van der Waals surface area (Å²) in [6.45, 7) is 0.258. The molecule has 0 spiro atoms. The topological polar surface area (TPSA) is 12.0 Å². The van der Waals surface area contributed by atoms with Crippen LogP contribution in [0, 0.1) is 3.57 Å². The fourth-order valence-corrected chi connectivity index (χ4v) is 1.54. The summed E-state index contributed by atoms with van der Waals surface area (Å²) in [5.74, 6) is 0. The molecule has 0 unspecified atom stereocenters. The van der Waals surface area contributed by atoms with Gasteiger partial charge in [-0.2, -0.15) is 0 Å². The molecule has 4 heteroatoms. The fraction of sp³-hybridized carbons (Fsp3) is 0.333. The van der Waals surface area contributed by atoms with E-state index < -0.39 is 6.43 Å². The predicted octanol–water partition coefficient (Wildman–Crippen LogP) is 2.65. The minimum absolute atomic E-state index is 0.245. The highest BCUT2D eigenvalue weighted by atomic mass is 127. The van der Waals surface area contributed by atoms with Gasteiger partial charge in [0.05, 0.1) is 6.54 Å². The lowest BCUT2D eigenvalue weighted by atomic mass is 10.2. The van der Waals surface area contributed by atoms with E-state index in [0.29, 0.717) is 6.54 Å². The van der Waals surface area contributed by atoms with Crippen molar-refractivity contribution in [1.82, 2.24) is 5.32 Å². The van der Waals surface area contributed by atoms with Crippen LogP contribution in [0.3, 0.4) is 0 Å². The Morgan fingerprint density at radius 3 is 2.62 bits per heavy atom. The van der Waals surface area contributed by atoms with Gasteiger partial charge < -0.3 is 5.32 Å². The highest BCUT2D eigenvalue weighted by Gasteiger charge is 2.02. The molecule has 0 aliphatic carbocycles. The smallest absolute Gasteiger partial charge is 0.250 e. The van der Waals surface area contributed by atoms with Gasteiger partial charge in [-0.3, -0.25) is 0 Å². The van der Waals surface area contributed by atoms with Gasteiger partial charge in [-0.15, -0.1) is 0 Å². The van der Waals surface area contributed by atoms with Crippen molar-refractivity contribution in [3.63, 3.8) is 0 Å². The molecule has 0 fully saturated rings. The lowest BCUT2D eigenvalue weighted by Crippen LogP contribution is -2.20. The van der Waals surface area contributed by atoms with Crippen LogP contribution >= 0.6 is 22.6 Å². The molecule has 0 aromatic heterocycles. The maximum atomic E-state index is 11.8. The molecule has 0 saturated heterocycles. The molecule has 0 aliphatic rings. The summed E-state index contributed by atoms with van der Waals surface area (Å²) in [4.78, 5) is 0. The Morgan fingerprint density at radius 1 is 1.31 bits per heavy atom. The second-order valence-corrected chi connectivity index (χ2v) is 3.78. The Labute approximate surface area is 89.7 Å². The summed E-state index contributed by atoms with van der Waals surface area (Å²) in [5.41, 5.74) is 1.06. The van der Waals surface area contributed by atoms with Crippen LogP contribution in [0.4, 0.5) is 8.78 Å². The zero-order valence-electron chi connectivity index (χ0n) is 6.93. The van der Waals surface area contributed by atoms with Crippen LogP contribution in [-0.4, -0.2) is 13.0 Å². The molecule has 0 radical (unpaired) electrons.